The zero-order chi connectivity index (χ0) is 18.3. The van der Waals surface area contributed by atoms with Crippen LogP contribution in [0.1, 0.15) is 31.4 Å². The number of hydrogen-bond donors (Lipinski definition) is 1. The van der Waals surface area contributed by atoms with E-state index >= 15 is 0 Å². The Morgan fingerprint density at radius 1 is 1.42 bits per heavy atom. The van der Waals surface area contributed by atoms with Crippen molar-refractivity contribution in [1.29, 1.82) is 10.5 Å². The molecule has 7 nitrogen and oxygen atoms in total. The largest absolute Gasteiger partial charge is 0.346 e. The molecule has 0 bridgehead atoms. The lowest BCUT2D eigenvalue weighted by molar-refractivity contribution is -0.132. The first-order valence-corrected chi connectivity index (χ1v) is 8.65. The van der Waals surface area contributed by atoms with Crippen LogP contribution in [0, 0.1) is 28.6 Å². The van der Waals surface area contributed by atoms with Gasteiger partial charge in [0.2, 0.25) is 5.91 Å². The van der Waals surface area contributed by atoms with Gasteiger partial charge in [-0.15, -0.1) is 0 Å². The van der Waals surface area contributed by atoms with Crippen molar-refractivity contribution in [2.45, 2.75) is 25.8 Å². The summed E-state index contributed by atoms with van der Waals surface area (Å²) in [7, 11) is 0. The van der Waals surface area contributed by atoms with Gasteiger partial charge in [-0.1, -0.05) is 6.92 Å². The van der Waals surface area contributed by atoms with Crippen molar-refractivity contribution in [3.63, 3.8) is 0 Å². The quantitative estimate of drug-likeness (QED) is 0.770. The molecular formula is C19H18N6O. The molecule has 0 aliphatic carbocycles. The molecule has 7 heteroatoms. The topological polar surface area (TPSA) is 102 Å². The average Bonchev–Trinajstić information content (AvgIpc) is 3.26. The maximum atomic E-state index is 12.2. The van der Waals surface area contributed by atoms with Crippen molar-refractivity contribution in [3.05, 3.63) is 30.2 Å². The smallest absolute Gasteiger partial charge is 0.236 e. The molecular weight excluding hydrogens is 328 g/mol. The van der Waals surface area contributed by atoms with E-state index in [9.17, 15) is 10.1 Å². The maximum Gasteiger partial charge on any atom is 0.236 e. The lowest BCUT2D eigenvalue weighted by Crippen LogP contribution is -2.43. The Bertz CT molecular complexity index is 1080. The van der Waals surface area contributed by atoms with Gasteiger partial charge in [-0.3, -0.25) is 4.79 Å². The normalized spacial score (nSPS) is 20.2. The third kappa shape index (κ3) is 2.41. The first kappa shape index (κ1) is 16.2. The number of nitrogens with zero attached hydrogens (tertiary/aromatic N) is 5. The summed E-state index contributed by atoms with van der Waals surface area (Å²) >= 11 is 0. The molecule has 0 aromatic carbocycles. The summed E-state index contributed by atoms with van der Waals surface area (Å²) < 4.78 is 2.13. The summed E-state index contributed by atoms with van der Waals surface area (Å²) in [5, 5.41) is 20.2. The highest BCUT2D eigenvalue weighted by molar-refractivity contribution is 6.05. The number of hydrogen-bond acceptors (Lipinski definition) is 4. The molecule has 1 N–H and O–H groups in total. The third-order valence-corrected chi connectivity index (χ3v) is 5.35. The van der Waals surface area contributed by atoms with E-state index in [-0.39, 0.29) is 18.4 Å². The van der Waals surface area contributed by atoms with Crippen LogP contribution >= 0.6 is 0 Å². The molecule has 4 rings (SSSR count). The Morgan fingerprint density at radius 2 is 2.27 bits per heavy atom. The van der Waals surface area contributed by atoms with Crippen molar-refractivity contribution in [1.82, 2.24) is 19.4 Å². The van der Waals surface area contributed by atoms with E-state index in [2.05, 4.69) is 27.5 Å². The first-order chi connectivity index (χ1) is 12.6. The predicted molar refractivity (Wildman–Crippen MR) is 95.9 cm³/mol. The van der Waals surface area contributed by atoms with E-state index in [1.807, 2.05) is 24.5 Å². The van der Waals surface area contributed by atoms with Crippen molar-refractivity contribution in [3.8, 4) is 12.1 Å². The minimum absolute atomic E-state index is 0.0523. The number of carbonyl (C=O) groups is 1. The minimum Gasteiger partial charge on any atom is -0.346 e. The van der Waals surface area contributed by atoms with Crippen molar-refractivity contribution < 1.29 is 4.79 Å². The molecule has 1 saturated heterocycles. The number of rotatable bonds is 2. The minimum atomic E-state index is -0.130. The Hall–Kier alpha value is -3.32. The standard InChI is InChI=1S/C19H18N6O/c1-12-4-7-24(17(26)2-5-20)11-16(12)25-10-13(8-21)15-9-23-19-14(18(15)25)3-6-22-19/h3,6,9-10,12,16H,2,4,7,11H2,1H3,(H,22,23)/t12-,16+/m0/s1. The summed E-state index contributed by atoms with van der Waals surface area (Å²) in [6, 6.07) is 6.22. The highest BCUT2D eigenvalue weighted by atomic mass is 16.2. The van der Waals surface area contributed by atoms with Gasteiger partial charge in [0.05, 0.1) is 23.2 Å². The van der Waals surface area contributed by atoms with Crippen LogP contribution in [0.2, 0.25) is 0 Å². The van der Waals surface area contributed by atoms with E-state index in [4.69, 9.17) is 5.26 Å². The number of likely N-dealkylation sites (tertiary alicyclic amines) is 1. The molecule has 2 atom stereocenters. The van der Waals surface area contributed by atoms with Crippen LogP contribution in [0.25, 0.3) is 21.9 Å². The molecule has 4 heterocycles. The predicted octanol–water partition coefficient (Wildman–Crippen LogP) is 2.71. The summed E-state index contributed by atoms with van der Waals surface area (Å²) in [5.74, 6) is 0.222. The Morgan fingerprint density at radius 3 is 3.04 bits per heavy atom. The van der Waals surface area contributed by atoms with Crippen LogP contribution in [0.4, 0.5) is 0 Å². The molecule has 130 valence electrons. The van der Waals surface area contributed by atoms with Gasteiger partial charge in [0.1, 0.15) is 18.1 Å². The van der Waals surface area contributed by atoms with E-state index < -0.39 is 0 Å². The van der Waals surface area contributed by atoms with E-state index in [1.54, 1.807) is 11.1 Å². The molecule has 0 saturated carbocycles. The van der Waals surface area contributed by atoms with E-state index in [0.29, 0.717) is 24.6 Å². The number of aromatic nitrogens is 3. The Labute approximate surface area is 150 Å². The molecule has 3 aromatic rings. The molecule has 0 radical (unpaired) electrons. The van der Waals surface area contributed by atoms with Gasteiger partial charge in [0.25, 0.3) is 0 Å². The highest BCUT2D eigenvalue weighted by Crippen LogP contribution is 2.35. The number of nitrogens with one attached hydrogen (secondary N) is 1. The number of nitriles is 2. The van der Waals surface area contributed by atoms with E-state index in [1.165, 1.54) is 0 Å². The molecule has 26 heavy (non-hydrogen) atoms. The van der Waals surface area contributed by atoms with Crippen molar-refractivity contribution >= 4 is 27.8 Å². The van der Waals surface area contributed by atoms with Crippen LogP contribution in [0.15, 0.2) is 24.7 Å². The van der Waals surface area contributed by atoms with E-state index in [0.717, 1.165) is 28.4 Å². The maximum absolute atomic E-state index is 12.2. The van der Waals surface area contributed by atoms with Gasteiger partial charge in [-0.25, -0.2) is 4.98 Å². The molecule has 3 aromatic heterocycles. The van der Waals surface area contributed by atoms with Gasteiger partial charge >= 0.3 is 0 Å². The fourth-order valence-electron chi connectivity index (χ4n) is 3.91. The number of carbonyl (C=O) groups excluding carboxylic acids is 1. The van der Waals surface area contributed by atoms with Crippen molar-refractivity contribution in [2.24, 2.45) is 5.92 Å². The van der Waals surface area contributed by atoms with Gasteiger partial charge in [-0.2, -0.15) is 10.5 Å². The summed E-state index contributed by atoms with van der Waals surface area (Å²) in [6.07, 6.45) is 6.22. The van der Waals surface area contributed by atoms with Gasteiger partial charge in [0, 0.05) is 42.5 Å². The average molecular weight is 346 g/mol. The van der Waals surface area contributed by atoms with Crippen LogP contribution in [-0.4, -0.2) is 38.4 Å². The second-order valence-electron chi connectivity index (χ2n) is 6.83. The number of amides is 1. The van der Waals surface area contributed by atoms with Crippen LogP contribution < -0.4 is 0 Å². The van der Waals surface area contributed by atoms with Crippen LogP contribution in [0.5, 0.6) is 0 Å². The first-order valence-electron chi connectivity index (χ1n) is 8.65. The molecule has 1 amide bonds. The van der Waals surface area contributed by atoms with Gasteiger partial charge < -0.3 is 14.5 Å². The summed E-state index contributed by atoms with van der Waals surface area (Å²) in [4.78, 5) is 21.5. The number of piperidine rings is 1. The fourth-order valence-corrected chi connectivity index (χ4v) is 3.91. The Balaban J connectivity index is 1.85. The lowest BCUT2D eigenvalue weighted by Gasteiger charge is -2.38. The van der Waals surface area contributed by atoms with Crippen LogP contribution in [0.3, 0.4) is 0 Å². The summed E-state index contributed by atoms with van der Waals surface area (Å²) in [5.41, 5.74) is 2.34. The molecule has 1 aliphatic rings. The molecule has 0 spiro atoms. The SMILES string of the molecule is C[C@H]1CCN(C(=O)CC#N)C[C@H]1n1cc(C#N)c2cnc3[nH]ccc3c21. The number of pyridine rings is 1. The Kier molecular flexibility index (Phi) is 3.85. The second kappa shape index (κ2) is 6.20. The fraction of sp³-hybridized carbons (Fsp3) is 0.368. The third-order valence-electron chi connectivity index (χ3n) is 5.35. The summed E-state index contributed by atoms with van der Waals surface area (Å²) in [6.45, 7) is 3.39. The zero-order valence-electron chi connectivity index (χ0n) is 14.4. The number of H-pyrrole nitrogens is 1. The molecule has 1 aliphatic heterocycles. The number of aromatic amines is 1. The van der Waals surface area contributed by atoms with Gasteiger partial charge in [-0.05, 0) is 18.4 Å². The molecule has 0 unspecified atom stereocenters. The molecule has 1 fully saturated rings. The lowest BCUT2D eigenvalue weighted by atomic mass is 9.92. The number of fused-ring (bicyclic) bond motifs is 3. The van der Waals surface area contributed by atoms with Crippen molar-refractivity contribution in [2.75, 3.05) is 13.1 Å². The monoisotopic (exact) mass is 346 g/mol. The highest BCUT2D eigenvalue weighted by Gasteiger charge is 2.31. The zero-order valence-corrected chi connectivity index (χ0v) is 14.4. The second-order valence-corrected chi connectivity index (χ2v) is 6.83. The van der Waals surface area contributed by atoms with Crippen LogP contribution in [-0.2, 0) is 4.79 Å². The van der Waals surface area contributed by atoms with Gasteiger partial charge in [0.15, 0.2) is 0 Å².